The molecule has 1 aromatic heterocycles. The highest BCUT2D eigenvalue weighted by atomic mass is 19.2. The van der Waals surface area contributed by atoms with Crippen molar-refractivity contribution in [3.8, 4) is 17.2 Å². The lowest BCUT2D eigenvalue weighted by Gasteiger charge is -2.03. The molecule has 3 aromatic rings. The molecule has 0 atom stereocenters. The summed E-state index contributed by atoms with van der Waals surface area (Å²) in [5, 5.41) is 7.79. The Balaban J connectivity index is 1.69. The fourth-order valence-corrected chi connectivity index (χ4v) is 1.84. The van der Waals surface area contributed by atoms with Gasteiger partial charge in [-0.2, -0.15) is 0 Å². The summed E-state index contributed by atoms with van der Waals surface area (Å²) in [6.07, 6.45) is 0. The maximum atomic E-state index is 13.1. The zero-order valence-corrected chi connectivity index (χ0v) is 11.7. The van der Waals surface area contributed by atoms with Crippen LogP contribution >= 0.6 is 0 Å². The van der Waals surface area contributed by atoms with Gasteiger partial charge in [0.2, 0.25) is 5.89 Å². The highest BCUT2D eigenvalue weighted by Gasteiger charge is 2.10. The van der Waals surface area contributed by atoms with E-state index in [9.17, 15) is 8.78 Å². The van der Waals surface area contributed by atoms with Crippen molar-refractivity contribution in [2.24, 2.45) is 0 Å². The molecule has 0 N–H and O–H groups in total. The van der Waals surface area contributed by atoms with Gasteiger partial charge in [0.15, 0.2) is 18.2 Å². The molecule has 0 unspecified atom stereocenters. The van der Waals surface area contributed by atoms with E-state index in [4.69, 9.17) is 9.15 Å². The summed E-state index contributed by atoms with van der Waals surface area (Å²) in [4.78, 5) is 0. The molecule has 3 rings (SSSR count). The number of ether oxygens (including phenoxy) is 1. The molecule has 4 nitrogen and oxygen atoms in total. The molecule has 0 spiro atoms. The van der Waals surface area contributed by atoms with Gasteiger partial charge in [0.05, 0.1) is 0 Å². The number of halogens is 2. The monoisotopic (exact) mass is 302 g/mol. The number of aromatic nitrogens is 2. The van der Waals surface area contributed by atoms with Crippen LogP contribution in [-0.2, 0) is 6.61 Å². The lowest BCUT2D eigenvalue weighted by Crippen LogP contribution is -1.96. The van der Waals surface area contributed by atoms with E-state index in [2.05, 4.69) is 10.2 Å². The average Bonchev–Trinajstić information content (AvgIpc) is 2.98. The van der Waals surface area contributed by atoms with Crippen molar-refractivity contribution in [1.29, 1.82) is 0 Å². The molecule has 6 heteroatoms. The molecular formula is C16H12F2N2O2. The van der Waals surface area contributed by atoms with Crippen LogP contribution in [0.25, 0.3) is 11.5 Å². The van der Waals surface area contributed by atoms with Crippen LogP contribution in [-0.4, -0.2) is 10.2 Å². The van der Waals surface area contributed by atoms with E-state index in [0.29, 0.717) is 5.89 Å². The van der Waals surface area contributed by atoms with E-state index in [1.807, 2.05) is 31.2 Å². The van der Waals surface area contributed by atoms with Gasteiger partial charge in [0, 0.05) is 11.6 Å². The quantitative estimate of drug-likeness (QED) is 0.733. The molecule has 0 radical (unpaired) electrons. The van der Waals surface area contributed by atoms with Crippen molar-refractivity contribution in [2.75, 3.05) is 0 Å². The number of hydrogen-bond acceptors (Lipinski definition) is 4. The fraction of sp³-hybridized carbons (Fsp3) is 0.125. The third kappa shape index (κ3) is 3.11. The minimum atomic E-state index is -0.969. The second kappa shape index (κ2) is 5.93. The van der Waals surface area contributed by atoms with Crippen LogP contribution in [0.4, 0.5) is 8.78 Å². The predicted octanol–water partition coefficient (Wildman–Crippen LogP) is 3.90. The summed E-state index contributed by atoms with van der Waals surface area (Å²) >= 11 is 0. The maximum Gasteiger partial charge on any atom is 0.254 e. The van der Waals surface area contributed by atoms with E-state index in [1.165, 1.54) is 6.07 Å². The fourth-order valence-electron chi connectivity index (χ4n) is 1.84. The summed E-state index contributed by atoms with van der Waals surface area (Å²) in [6.45, 7) is 1.96. The molecule has 0 saturated carbocycles. The normalized spacial score (nSPS) is 10.7. The lowest BCUT2D eigenvalue weighted by atomic mass is 10.1. The van der Waals surface area contributed by atoms with Crippen LogP contribution in [0.15, 0.2) is 46.9 Å². The number of rotatable bonds is 4. The van der Waals surface area contributed by atoms with Gasteiger partial charge in [-0.3, -0.25) is 0 Å². The zero-order valence-electron chi connectivity index (χ0n) is 11.7. The third-order valence-corrected chi connectivity index (χ3v) is 3.02. The first-order chi connectivity index (χ1) is 10.6. The van der Waals surface area contributed by atoms with Crippen molar-refractivity contribution in [3.63, 3.8) is 0 Å². The smallest absolute Gasteiger partial charge is 0.254 e. The number of benzene rings is 2. The zero-order chi connectivity index (χ0) is 15.5. The van der Waals surface area contributed by atoms with Gasteiger partial charge in [-0.25, -0.2) is 8.78 Å². The van der Waals surface area contributed by atoms with Crippen LogP contribution in [0.2, 0.25) is 0 Å². The summed E-state index contributed by atoms with van der Waals surface area (Å²) in [5.74, 6) is -1.08. The molecule has 2 aromatic carbocycles. The molecule has 0 aliphatic rings. The predicted molar refractivity (Wildman–Crippen MR) is 75.2 cm³/mol. The van der Waals surface area contributed by atoms with Crippen molar-refractivity contribution >= 4 is 0 Å². The van der Waals surface area contributed by atoms with Gasteiger partial charge < -0.3 is 9.15 Å². The Morgan fingerprint density at radius 3 is 2.50 bits per heavy atom. The Labute approximate surface area is 125 Å². The molecule has 0 aliphatic heterocycles. The molecule has 0 aliphatic carbocycles. The van der Waals surface area contributed by atoms with E-state index in [0.717, 1.165) is 23.3 Å². The van der Waals surface area contributed by atoms with Gasteiger partial charge in [-0.1, -0.05) is 17.7 Å². The van der Waals surface area contributed by atoms with Gasteiger partial charge in [-0.15, -0.1) is 10.2 Å². The standard InChI is InChI=1S/C16H12F2N2O2/c1-10-2-4-11(5-3-10)16-20-19-15(22-16)9-21-12-6-7-13(17)14(18)8-12/h2-8H,9H2,1H3. The second-order valence-corrected chi connectivity index (χ2v) is 4.73. The van der Waals surface area contributed by atoms with E-state index < -0.39 is 11.6 Å². The first-order valence-electron chi connectivity index (χ1n) is 6.59. The van der Waals surface area contributed by atoms with Crippen molar-refractivity contribution in [2.45, 2.75) is 13.5 Å². The van der Waals surface area contributed by atoms with Crippen molar-refractivity contribution in [1.82, 2.24) is 10.2 Å². The molecular weight excluding hydrogens is 290 g/mol. The van der Waals surface area contributed by atoms with E-state index >= 15 is 0 Å². The number of nitrogens with zero attached hydrogens (tertiary/aromatic N) is 2. The molecule has 0 bridgehead atoms. The van der Waals surface area contributed by atoms with Crippen LogP contribution in [0.5, 0.6) is 5.75 Å². The highest BCUT2D eigenvalue weighted by molar-refractivity contribution is 5.52. The van der Waals surface area contributed by atoms with Crippen molar-refractivity contribution < 1.29 is 17.9 Å². The molecule has 1 heterocycles. The first-order valence-corrected chi connectivity index (χ1v) is 6.59. The van der Waals surface area contributed by atoms with Crippen LogP contribution in [0, 0.1) is 18.6 Å². The van der Waals surface area contributed by atoms with Gasteiger partial charge in [0.1, 0.15) is 5.75 Å². The molecule has 112 valence electrons. The Bertz CT molecular complexity index is 785. The minimum Gasteiger partial charge on any atom is -0.484 e. The largest absolute Gasteiger partial charge is 0.484 e. The maximum absolute atomic E-state index is 13.1. The highest BCUT2D eigenvalue weighted by Crippen LogP contribution is 2.20. The third-order valence-electron chi connectivity index (χ3n) is 3.02. The summed E-state index contributed by atoms with van der Waals surface area (Å²) in [5.41, 5.74) is 1.93. The van der Waals surface area contributed by atoms with Crippen molar-refractivity contribution in [3.05, 3.63) is 65.6 Å². The van der Waals surface area contributed by atoms with Crippen LogP contribution in [0.3, 0.4) is 0 Å². The summed E-state index contributed by atoms with van der Waals surface area (Å²) in [6, 6.07) is 10.9. The van der Waals surface area contributed by atoms with E-state index in [-0.39, 0.29) is 18.2 Å². The SMILES string of the molecule is Cc1ccc(-c2nnc(COc3ccc(F)c(F)c3)o2)cc1. The Kier molecular flexibility index (Phi) is 3.82. The first kappa shape index (κ1) is 14.2. The molecule has 0 fully saturated rings. The molecule has 22 heavy (non-hydrogen) atoms. The summed E-state index contributed by atoms with van der Waals surface area (Å²) < 4.78 is 36.6. The van der Waals surface area contributed by atoms with Crippen LogP contribution < -0.4 is 4.74 Å². The second-order valence-electron chi connectivity index (χ2n) is 4.73. The molecule has 0 amide bonds. The number of hydrogen-bond donors (Lipinski definition) is 0. The van der Waals surface area contributed by atoms with E-state index in [1.54, 1.807) is 0 Å². The Morgan fingerprint density at radius 2 is 1.77 bits per heavy atom. The summed E-state index contributed by atoms with van der Waals surface area (Å²) in [7, 11) is 0. The minimum absolute atomic E-state index is 0.0239. The van der Waals surface area contributed by atoms with Crippen LogP contribution in [0.1, 0.15) is 11.5 Å². The Morgan fingerprint density at radius 1 is 1.00 bits per heavy atom. The van der Waals surface area contributed by atoms with Gasteiger partial charge in [0.25, 0.3) is 5.89 Å². The number of aryl methyl sites for hydroxylation is 1. The average molecular weight is 302 g/mol. The lowest BCUT2D eigenvalue weighted by molar-refractivity contribution is 0.262. The van der Waals surface area contributed by atoms with Gasteiger partial charge >= 0.3 is 0 Å². The topological polar surface area (TPSA) is 48.2 Å². The molecule has 0 saturated heterocycles. The Hall–Kier alpha value is -2.76. The van der Waals surface area contributed by atoms with Gasteiger partial charge in [-0.05, 0) is 31.2 Å².